The van der Waals surface area contributed by atoms with Gasteiger partial charge in [0.2, 0.25) is 5.91 Å². The van der Waals surface area contributed by atoms with E-state index in [-0.39, 0.29) is 11.8 Å². The number of nitrogens with zero attached hydrogens (tertiary/aromatic N) is 3. The molecule has 0 spiro atoms. The Morgan fingerprint density at radius 2 is 1.92 bits per heavy atom. The van der Waals surface area contributed by atoms with Gasteiger partial charge in [-0.25, -0.2) is 4.98 Å². The number of carbonyl (C=O) groups is 1. The van der Waals surface area contributed by atoms with Crippen molar-refractivity contribution in [3.05, 3.63) is 48.4 Å². The molecule has 1 fully saturated rings. The molecule has 1 aliphatic carbocycles. The van der Waals surface area contributed by atoms with E-state index in [4.69, 9.17) is 0 Å². The van der Waals surface area contributed by atoms with Gasteiger partial charge in [-0.1, -0.05) is 6.07 Å². The molecule has 1 saturated carbocycles. The number of anilines is 2. The van der Waals surface area contributed by atoms with Crippen molar-refractivity contribution in [3.63, 3.8) is 0 Å². The minimum absolute atomic E-state index is 0.190. The second-order valence-corrected chi connectivity index (χ2v) is 6.62. The average molecular weight is 324 g/mol. The summed E-state index contributed by atoms with van der Waals surface area (Å²) in [5.41, 5.74) is 2.20. The third-order valence-corrected chi connectivity index (χ3v) is 4.71. The molecule has 0 atom stereocenters. The van der Waals surface area contributed by atoms with Crippen LogP contribution in [0.25, 0.3) is 0 Å². The number of carbonyl (C=O) groups excluding carboxylic acids is 1. The van der Waals surface area contributed by atoms with Gasteiger partial charge >= 0.3 is 0 Å². The van der Waals surface area contributed by atoms with Gasteiger partial charge in [-0.2, -0.15) is 0 Å². The summed E-state index contributed by atoms with van der Waals surface area (Å²) in [6.07, 6.45) is 9.53. The number of hydrogen-bond acceptors (Lipinski definition) is 4. The Kier molecular flexibility index (Phi) is 5.08. The summed E-state index contributed by atoms with van der Waals surface area (Å²) in [6, 6.07) is 8.01. The van der Waals surface area contributed by atoms with E-state index in [0.717, 1.165) is 37.2 Å². The van der Waals surface area contributed by atoms with Gasteiger partial charge in [-0.05, 0) is 55.4 Å². The molecule has 0 radical (unpaired) electrons. The van der Waals surface area contributed by atoms with E-state index in [1.807, 2.05) is 38.5 Å². The van der Waals surface area contributed by atoms with Crippen molar-refractivity contribution in [1.29, 1.82) is 0 Å². The first-order valence-corrected chi connectivity index (χ1v) is 8.47. The Morgan fingerprint density at radius 1 is 1.12 bits per heavy atom. The summed E-state index contributed by atoms with van der Waals surface area (Å²) in [5.74, 6) is 1.79. The highest BCUT2D eigenvalue weighted by Gasteiger charge is 2.28. The summed E-state index contributed by atoms with van der Waals surface area (Å²) in [7, 11) is 3.68. The molecule has 0 unspecified atom stereocenters. The van der Waals surface area contributed by atoms with E-state index in [0.29, 0.717) is 5.92 Å². The molecule has 0 saturated heterocycles. The van der Waals surface area contributed by atoms with Crippen LogP contribution in [0.4, 0.5) is 11.5 Å². The van der Waals surface area contributed by atoms with Crippen molar-refractivity contribution in [1.82, 2.24) is 14.9 Å². The third kappa shape index (κ3) is 3.91. The van der Waals surface area contributed by atoms with E-state index < -0.39 is 0 Å². The highest BCUT2D eigenvalue weighted by atomic mass is 16.2. The number of pyridine rings is 2. The molecule has 2 heterocycles. The quantitative estimate of drug-likeness (QED) is 0.934. The van der Waals surface area contributed by atoms with Gasteiger partial charge in [0.25, 0.3) is 0 Å². The molecule has 1 N–H and O–H groups in total. The van der Waals surface area contributed by atoms with Crippen molar-refractivity contribution in [2.75, 3.05) is 19.4 Å². The van der Waals surface area contributed by atoms with Gasteiger partial charge in [0.05, 0.1) is 11.9 Å². The van der Waals surface area contributed by atoms with Crippen molar-refractivity contribution in [2.45, 2.75) is 31.6 Å². The normalized spacial score (nSPS) is 20.4. The lowest BCUT2D eigenvalue weighted by Gasteiger charge is -2.29. The first-order chi connectivity index (χ1) is 11.6. The van der Waals surface area contributed by atoms with Crippen LogP contribution in [0.1, 0.15) is 37.2 Å². The number of nitrogens with one attached hydrogen (secondary N) is 1. The van der Waals surface area contributed by atoms with E-state index >= 15 is 0 Å². The van der Waals surface area contributed by atoms with Crippen LogP contribution in [0, 0.1) is 5.92 Å². The molecule has 0 aliphatic heterocycles. The average Bonchev–Trinajstić information content (AvgIpc) is 2.63. The summed E-state index contributed by atoms with van der Waals surface area (Å²) in [5, 5.41) is 3.24. The lowest BCUT2D eigenvalue weighted by Crippen LogP contribution is -2.31. The minimum Gasteiger partial charge on any atom is -0.349 e. The topological polar surface area (TPSA) is 58.1 Å². The fraction of sp³-hybridized carbons (Fsp3) is 0.421. The molecule has 126 valence electrons. The molecule has 3 rings (SSSR count). The van der Waals surface area contributed by atoms with Gasteiger partial charge < -0.3 is 10.2 Å². The summed E-state index contributed by atoms with van der Waals surface area (Å²) < 4.78 is 0. The second-order valence-electron chi connectivity index (χ2n) is 6.62. The smallest absolute Gasteiger partial charge is 0.225 e. The molecule has 24 heavy (non-hydrogen) atoms. The van der Waals surface area contributed by atoms with Crippen LogP contribution in [0.15, 0.2) is 42.9 Å². The van der Waals surface area contributed by atoms with Gasteiger partial charge in [0.1, 0.15) is 5.82 Å². The zero-order valence-electron chi connectivity index (χ0n) is 14.3. The fourth-order valence-electron chi connectivity index (χ4n) is 3.34. The third-order valence-electron chi connectivity index (χ3n) is 4.71. The minimum atomic E-state index is 0.190. The maximum Gasteiger partial charge on any atom is 0.225 e. The molecule has 2 aromatic heterocycles. The van der Waals surface area contributed by atoms with Crippen molar-refractivity contribution in [2.24, 2.45) is 5.92 Å². The van der Waals surface area contributed by atoms with Crippen LogP contribution in [0.3, 0.4) is 0 Å². The fourth-order valence-corrected chi connectivity index (χ4v) is 3.34. The van der Waals surface area contributed by atoms with Gasteiger partial charge in [0.15, 0.2) is 0 Å². The largest absolute Gasteiger partial charge is 0.349 e. The summed E-state index contributed by atoms with van der Waals surface area (Å²) >= 11 is 0. The zero-order chi connectivity index (χ0) is 16.9. The van der Waals surface area contributed by atoms with Crippen molar-refractivity contribution >= 4 is 17.4 Å². The molecule has 1 aliphatic rings. The molecule has 0 aromatic carbocycles. The zero-order valence-corrected chi connectivity index (χ0v) is 14.3. The van der Waals surface area contributed by atoms with E-state index in [1.54, 1.807) is 17.3 Å². The molecule has 1 amide bonds. The van der Waals surface area contributed by atoms with Crippen LogP contribution in [0.2, 0.25) is 0 Å². The molecular formula is C19H24N4O. The van der Waals surface area contributed by atoms with Crippen LogP contribution in [-0.4, -0.2) is 34.9 Å². The summed E-state index contributed by atoms with van der Waals surface area (Å²) in [4.78, 5) is 22.4. The van der Waals surface area contributed by atoms with Crippen LogP contribution < -0.4 is 5.32 Å². The van der Waals surface area contributed by atoms with Gasteiger partial charge in [-0.15, -0.1) is 0 Å². The molecule has 2 aromatic rings. The van der Waals surface area contributed by atoms with Crippen molar-refractivity contribution < 1.29 is 4.79 Å². The Labute approximate surface area is 143 Å². The highest BCUT2D eigenvalue weighted by Crippen LogP contribution is 2.36. The van der Waals surface area contributed by atoms with E-state index in [2.05, 4.69) is 21.4 Å². The maximum absolute atomic E-state index is 12.1. The molecular weight excluding hydrogens is 300 g/mol. The van der Waals surface area contributed by atoms with E-state index in [1.165, 1.54) is 5.56 Å². The van der Waals surface area contributed by atoms with E-state index in [9.17, 15) is 4.79 Å². The first-order valence-electron chi connectivity index (χ1n) is 8.47. The van der Waals surface area contributed by atoms with Crippen LogP contribution in [0.5, 0.6) is 0 Å². The predicted octanol–water partition coefficient (Wildman–Crippen LogP) is 3.58. The van der Waals surface area contributed by atoms with Gasteiger partial charge in [0, 0.05) is 32.4 Å². The lowest BCUT2D eigenvalue weighted by molar-refractivity contribution is -0.134. The Hall–Kier alpha value is -2.43. The molecule has 5 nitrogen and oxygen atoms in total. The maximum atomic E-state index is 12.1. The standard InChI is InChI=1S/C19H24N4O/c1-23(2)19(24)15-7-5-14(6-8-15)16-9-10-18(21-12-16)22-17-4-3-11-20-13-17/h3-4,9-15H,5-8H2,1-2H3,(H,21,22). The Bertz CT molecular complexity index is 662. The monoisotopic (exact) mass is 324 g/mol. The second kappa shape index (κ2) is 7.43. The number of rotatable bonds is 4. The predicted molar refractivity (Wildman–Crippen MR) is 95.1 cm³/mol. The number of hydrogen-bond donors (Lipinski definition) is 1. The lowest BCUT2D eigenvalue weighted by atomic mass is 9.78. The van der Waals surface area contributed by atoms with Crippen LogP contribution >= 0.6 is 0 Å². The molecule has 0 bridgehead atoms. The number of amides is 1. The highest BCUT2D eigenvalue weighted by molar-refractivity contribution is 5.78. The Balaban J connectivity index is 1.58. The Morgan fingerprint density at radius 3 is 2.50 bits per heavy atom. The number of aromatic nitrogens is 2. The summed E-state index contributed by atoms with van der Waals surface area (Å²) in [6.45, 7) is 0. The SMILES string of the molecule is CN(C)C(=O)C1CCC(c2ccc(Nc3cccnc3)nc2)CC1. The van der Waals surface area contributed by atoms with Crippen molar-refractivity contribution in [3.8, 4) is 0 Å². The van der Waals surface area contributed by atoms with Crippen LogP contribution in [-0.2, 0) is 4.79 Å². The van der Waals surface area contributed by atoms with Gasteiger partial charge in [-0.3, -0.25) is 9.78 Å². The first kappa shape index (κ1) is 16.4. The molecule has 5 heteroatoms.